The van der Waals surface area contributed by atoms with Crippen molar-refractivity contribution in [1.29, 1.82) is 0 Å². The van der Waals surface area contributed by atoms with Crippen LogP contribution in [0.3, 0.4) is 0 Å². The van der Waals surface area contributed by atoms with Gasteiger partial charge in [0.15, 0.2) is 0 Å². The quantitative estimate of drug-likeness (QED) is 0.905. The fourth-order valence-electron chi connectivity index (χ4n) is 2.24. The van der Waals surface area contributed by atoms with Crippen molar-refractivity contribution in [3.8, 4) is 5.75 Å². The molecular formula is C15H18BrNO2. The summed E-state index contributed by atoms with van der Waals surface area (Å²) < 4.78 is 11.8. The highest BCUT2D eigenvalue weighted by Gasteiger charge is 2.19. The zero-order valence-electron chi connectivity index (χ0n) is 11.4. The SMILES string of the molecule is CCc1occc1C(NC)c1ccc(OC)cc1Br. The van der Waals surface area contributed by atoms with Crippen molar-refractivity contribution in [3.63, 3.8) is 0 Å². The van der Waals surface area contributed by atoms with E-state index in [2.05, 4.69) is 34.2 Å². The summed E-state index contributed by atoms with van der Waals surface area (Å²) in [4.78, 5) is 0. The Bertz CT molecular complexity index is 551. The summed E-state index contributed by atoms with van der Waals surface area (Å²) in [7, 11) is 3.62. The Hall–Kier alpha value is -1.26. The molecule has 4 heteroatoms. The second-order valence-corrected chi connectivity index (χ2v) is 5.12. The summed E-state index contributed by atoms with van der Waals surface area (Å²) in [5, 5.41) is 3.34. The van der Waals surface area contributed by atoms with Gasteiger partial charge >= 0.3 is 0 Å². The van der Waals surface area contributed by atoms with E-state index < -0.39 is 0 Å². The van der Waals surface area contributed by atoms with Gasteiger partial charge in [0.1, 0.15) is 11.5 Å². The van der Waals surface area contributed by atoms with Gasteiger partial charge in [0.2, 0.25) is 0 Å². The van der Waals surface area contributed by atoms with Gasteiger partial charge < -0.3 is 14.5 Å². The molecule has 2 rings (SSSR count). The number of aryl methyl sites for hydroxylation is 1. The zero-order valence-corrected chi connectivity index (χ0v) is 13.0. The van der Waals surface area contributed by atoms with Crippen molar-refractivity contribution in [1.82, 2.24) is 5.32 Å². The molecule has 0 radical (unpaired) electrons. The molecule has 3 nitrogen and oxygen atoms in total. The fourth-order valence-corrected chi connectivity index (χ4v) is 2.83. The van der Waals surface area contributed by atoms with E-state index in [1.807, 2.05) is 25.2 Å². The molecular weight excluding hydrogens is 306 g/mol. The van der Waals surface area contributed by atoms with E-state index in [1.54, 1.807) is 13.4 Å². The number of benzene rings is 1. The molecule has 0 aliphatic rings. The molecule has 0 amide bonds. The lowest BCUT2D eigenvalue weighted by Crippen LogP contribution is -2.18. The Morgan fingerprint density at radius 3 is 2.68 bits per heavy atom. The number of furan rings is 1. The maximum Gasteiger partial charge on any atom is 0.120 e. The lowest BCUT2D eigenvalue weighted by molar-refractivity contribution is 0.414. The van der Waals surface area contributed by atoms with Crippen molar-refractivity contribution >= 4 is 15.9 Å². The van der Waals surface area contributed by atoms with Crippen molar-refractivity contribution in [2.45, 2.75) is 19.4 Å². The first-order valence-corrected chi connectivity index (χ1v) is 7.07. The molecule has 0 fully saturated rings. The predicted octanol–water partition coefficient (Wildman–Crippen LogP) is 3.92. The minimum absolute atomic E-state index is 0.106. The van der Waals surface area contributed by atoms with Crippen molar-refractivity contribution in [2.75, 3.05) is 14.2 Å². The van der Waals surface area contributed by atoms with Gasteiger partial charge in [-0.05, 0) is 30.8 Å². The van der Waals surface area contributed by atoms with Gasteiger partial charge in [0.25, 0.3) is 0 Å². The van der Waals surface area contributed by atoms with Gasteiger partial charge in [-0.1, -0.05) is 28.9 Å². The third-order valence-corrected chi connectivity index (χ3v) is 3.91. The number of hydrogen-bond donors (Lipinski definition) is 1. The maximum absolute atomic E-state index is 5.52. The molecule has 1 unspecified atom stereocenters. The third kappa shape index (κ3) is 2.85. The molecule has 2 aromatic rings. The van der Waals surface area contributed by atoms with Gasteiger partial charge in [-0.3, -0.25) is 0 Å². The van der Waals surface area contributed by atoms with E-state index in [4.69, 9.17) is 9.15 Å². The van der Waals surface area contributed by atoms with E-state index >= 15 is 0 Å². The van der Waals surface area contributed by atoms with Crippen molar-refractivity contribution in [3.05, 3.63) is 51.9 Å². The number of hydrogen-bond acceptors (Lipinski definition) is 3. The summed E-state index contributed by atoms with van der Waals surface area (Å²) in [5.74, 6) is 1.86. The molecule has 0 aliphatic carbocycles. The molecule has 0 saturated carbocycles. The second kappa shape index (κ2) is 6.26. The molecule has 1 N–H and O–H groups in total. The highest BCUT2D eigenvalue weighted by molar-refractivity contribution is 9.10. The van der Waals surface area contributed by atoms with Crippen LogP contribution in [0.1, 0.15) is 29.9 Å². The van der Waals surface area contributed by atoms with Crippen LogP contribution in [-0.4, -0.2) is 14.2 Å². The summed E-state index contributed by atoms with van der Waals surface area (Å²) >= 11 is 3.61. The molecule has 0 spiro atoms. The van der Waals surface area contributed by atoms with Gasteiger partial charge in [-0.25, -0.2) is 0 Å². The summed E-state index contributed by atoms with van der Waals surface area (Å²) in [6.45, 7) is 2.10. The van der Waals surface area contributed by atoms with Gasteiger partial charge in [-0.15, -0.1) is 0 Å². The largest absolute Gasteiger partial charge is 0.497 e. The third-order valence-electron chi connectivity index (χ3n) is 3.22. The monoisotopic (exact) mass is 323 g/mol. The molecule has 1 atom stereocenters. The smallest absolute Gasteiger partial charge is 0.120 e. The van der Waals surface area contributed by atoms with Crippen LogP contribution in [0.2, 0.25) is 0 Å². The highest BCUT2D eigenvalue weighted by atomic mass is 79.9. The highest BCUT2D eigenvalue weighted by Crippen LogP contribution is 2.33. The first-order valence-electron chi connectivity index (χ1n) is 6.28. The number of ether oxygens (including phenoxy) is 1. The Morgan fingerprint density at radius 2 is 2.11 bits per heavy atom. The van der Waals surface area contributed by atoms with Crippen LogP contribution in [0, 0.1) is 0 Å². The topological polar surface area (TPSA) is 34.4 Å². The predicted molar refractivity (Wildman–Crippen MR) is 79.7 cm³/mol. The molecule has 0 aliphatic heterocycles. The van der Waals surface area contributed by atoms with Gasteiger partial charge in [-0.2, -0.15) is 0 Å². The minimum Gasteiger partial charge on any atom is -0.497 e. The van der Waals surface area contributed by atoms with Crippen LogP contribution >= 0.6 is 15.9 Å². The summed E-state index contributed by atoms with van der Waals surface area (Å²) in [5.41, 5.74) is 2.34. The van der Waals surface area contributed by atoms with Crippen LogP contribution in [0.4, 0.5) is 0 Å². The van der Waals surface area contributed by atoms with E-state index in [1.165, 1.54) is 11.1 Å². The van der Waals surface area contributed by atoms with Crippen molar-refractivity contribution < 1.29 is 9.15 Å². The number of rotatable bonds is 5. The Morgan fingerprint density at radius 1 is 1.32 bits per heavy atom. The molecule has 1 aromatic carbocycles. The van der Waals surface area contributed by atoms with Crippen LogP contribution < -0.4 is 10.1 Å². The van der Waals surface area contributed by atoms with Gasteiger partial charge in [0.05, 0.1) is 19.4 Å². The van der Waals surface area contributed by atoms with E-state index in [9.17, 15) is 0 Å². The normalized spacial score (nSPS) is 12.4. The van der Waals surface area contributed by atoms with Crippen LogP contribution in [-0.2, 0) is 6.42 Å². The average molecular weight is 324 g/mol. The van der Waals surface area contributed by atoms with E-state index in [0.717, 1.165) is 22.4 Å². The Labute approximate surface area is 122 Å². The van der Waals surface area contributed by atoms with Crippen LogP contribution in [0.25, 0.3) is 0 Å². The second-order valence-electron chi connectivity index (χ2n) is 4.26. The number of halogens is 1. The van der Waals surface area contributed by atoms with Gasteiger partial charge in [0, 0.05) is 16.5 Å². The Kier molecular flexibility index (Phi) is 4.66. The fraction of sp³-hybridized carbons (Fsp3) is 0.333. The molecule has 19 heavy (non-hydrogen) atoms. The van der Waals surface area contributed by atoms with Crippen LogP contribution in [0.15, 0.2) is 39.4 Å². The minimum atomic E-state index is 0.106. The summed E-state index contributed by atoms with van der Waals surface area (Å²) in [6.07, 6.45) is 2.63. The number of nitrogens with one attached hydrogen (secondary N) is 1. The van der Waals surface area contributed by atoms with E-state index in [-0.39, 0.29) is 6.04 Å². The average Bonchev–Trinajstić information content (AvgIpc) is 2.89. The zero-order chi connectivity index (χ0) is 13.8. The van der Waals surface area contributed by atoms with Crippen molar-refractivity contribution in [2.24, 2.45) is 0 Å². The first kappa shape index (κ1) is 14.2. The van der Waals surface area contributed by atoms with E-state index in [0.29, 0.717) is 0 Å². The molecule has 1 aromatic heterocycles. The lowest BCUT2D eigenvalue weighted by Gasteiger charge is -2.18. The standard InChI is InChI=1S/C15H18BrNO2/c1-4-14-12(7-8-19-14)15(17-2)11-6-5-10(18-3)9-13(11)16/h5-9,15,17H,4H2,1-3H3. The Balaban J connectivity index is 2.42. The first-order chi connectivity index (χ1) is 9.21. The molecule has 1 heterocycles. The molecule has 102 valence electrons. The summed E-state index contributed by atoms with van der Waals surface area (Å²) in [6, 6.07) is 8.14. The maximum atomic E-state index is 5.52. The number of methoxy groups -OCH3 is 1. The van der Waals surface area contributed by atoms with Crippen LogP contribution in [0.5, 0.6) is 5.75 Å². The molecule has 0 saturated heterocycles. The lowest BCUT2D eigenvalue weighted by atomic mass is 9.98. The molecule has 0 bridgehead atoms.